The van der Waals surface area contributed by atoms with E-state index < -0.39 is 0 Å². The van der Waals surface area contributed by atoms with Gasteiger partial charge >= 0.3 is 6.03 Å². The molecule has 0 aliphatic carbocycles. The molecule has 4 rings (SSSR count). The van der Waals surface area contributed by atoms with Crippen molar-refractivity contribution >= 4 is 11.7 Å². The molecule has 0 radical (unpaired) electrons. The number of piperidine rings is 1. The lowest BCUT2D eigenvalue weighted by Gasteiger charge is -2.47. The summed E-state index contributed by atoms with van der Waals surface area (Å²) in [7, 11) is 0. The third kappa shape index (κ3) is 4.39. The Labute approximate surface area is 168 Å². The van der Waals surface area contributed by atoms with Crippen molar-refractivity contribution in [1.82, 2.24) is 9.80 Å². The van der Waals surface area contributed by atoms with E-state index in [4.69, 9.17) is 0 Å². The molecule has 1 N–H and O–H groups in total. The lowest BCUT2D eigenvalue weighted by molar-refractivity contribution is 0.0383. The first-order valence-electron chi connectivity index (χ1n) is 10.5. The molecule has 2 saturated heterocycles. The number of amides is 2. The first-order valence-corrected chi connectivity index (χ1v) is 10.5. The molecule has 2 amide bonds. The standard InChI is InChI=1S/C24H31N3O/c1-18-8-9-23(19(2)14-18)25-24(28)27-16-22(17-27)26-12-10-21(11-13-26)15-20-6-4-3-5-7-20/h3-9,14,21-22H,10-13,15-17H2,1-2H3,(H,25,28). The number of rotatable bonds is 4. The molecular weight excluding hydrogens is 346 g/mol. The fourth-order valence-corrected chi connectivity index (χ4v) is 4.47. The van der Waals surface area contributed by atoms with Gasteiger partial charge in [-0.15, -0.1) is 0 Å². The maximum Gasteiger partial charge on any atom is 0.321 e. The van der Waals surface area contributed by atoms with Crippen LogP contribution in [0.15, 0.2) is 48.5 Å². The van der Waals surface area contributed by atoms with Crippen molar-refractivity contribution in [3.8, 4) is 0 Å². The van der Waals surface area contributed by atoms with Gasteiger partial charge in [0.15, 0.2) is 0 Å². The first-order chi connectivity index (χ1) is 13.6. The molecule has 2 heterocycles. The lowest BCUT2D eigenvalue weighted by atomic mass is 9.89. The summed E-state index contributed by atoms with van der Waals surface area (Å²) in [5.41, 5.74) is 4.71. The van der Waals surface area contributed by atoms with Crippen LogP contribution in [0, 0.1) is 19.8 Å². The third-order valence-electron chi connectivity index (χ3n) is 6.31. The maximum absolute atomic E-state index is 12.5. The summed E-state index contributed by atoms with van der Waals surface area (Å²) in [6.07, 6.45) is 3.73. The van der Waals surface area contributed by atoms with E-state index in [1.165, 1.54) is 30.4 Å². The number of hydrogen-bond donors (Lipinski definition) is 1. The molecule has 2 fully saturated rings. The highest BCUT2D eigenvalue weighted by Gasteiger charge is 2.36. The number of anilines is 1. The highest BCUT2D eigenvalue weighted by Crippen LogP contribution is 2.26. The van der Waals surface area contributed by atoms with E-state index in [2.05, 4.69) is 53.5 Å². The Morgan fingerprint density at radius 3 is 2.43 bits per heavy atom. The number of carbonyl (C=O) groups excluding carboxylic acids is 1. The fraction of sp³-hybridized carbons (Fsp3) is 0.458. The number of nitrogens with zero attached hydrogens (tertiary/aromatic N) is 2. The molecule has 0 atom stereocenters. The summed E-state index contributed by atoms with van der Waals surface area (Å²) >= 11 is 0. The number of urea groups is 1. The van der Waals surface area contributed by atoms with Gasteiger partial charge in [-0.2, -0.15) is 0 Å². The number of nitrogens with one attached hydrogen (secondary N) is 1. The van der Waals surface area contributed by atoms with Crippen LogP contribution in [0.2, 0.25) is 0 Å². The topological polar surface area (TPSA) is 35.6 Å². The van der Waals surface area contributed by atoms with Crippen LogP contribution in [0.25, 0.3) is 0 Å². The van der Waals surface area contributed by atoms with E-state index in [1.54, 1.807) is 0 Å². The third-order valence-corrected chi connectivity index (χ3v) is 6.31. The molecule has 2 aromatic carbocycles. The molecule has 28 heavy (non-hydrogen) atoms. The van der Waals surface area contributed by atoms with E-state index >= 15 is 0 Å². The van der Waals surface area contributed by atoms with Crippen molar-refractivity contribution in [2.45, 2.75) is 39.2 Å². The summed E-state index contributed by atoms with van der Waals surface area (Å²) in [5.74, 6) is 0.794. The fourth-order valence-electron chi connectivity index (χ4n) is 4.47. The van der Waals surface area contributed by atoms with E-state index in [0.717, 1.165) is 43.3 Å². The molecule has 2 aromatic rings. The van der Waals surface area contributed by atoms with Crippen LogP contribution < -0.4 is 5.32 Å². The van der Waals surface area contributed by atoms with Gasteiger partial charge < -0.3 is 10.2 Å². The van der Waals surface area contributed by atoms with Crippen LogP contribution in [-0.4, -0.2) is 48.1 Å². The van der Waals surface area contributed by atoms with Gasteiger partial charge in [-0.25, -0.2) is 4.79 Å². The molecule has 148 valence electrons. The summed E-state index contributed by atoms with van der Waals surface area (Å²) in [6, 6.07) is 17.5. The molecular formula is C24H31N3O. The Hall–Kier alpha value is -2.33. The molecule has 4 heteroatoms. The number of benzene rings is 2. The number of carbonyl (C=O) groups is 1. The second-order valence-corrected chi connectivity index (χ2v) is 8.48. The minimum atomic E-state index is 0.0298. The Kier molecular flexibility index (Phi) is 5.67. The zero-order valence-corrected chi connectivity index (χ0v) is 17.0. The molecule has 0 spiro atoms. The molecule has 0 unspecified atom stereocenters. The molecule has 0 saturated carbocycles. The second-order valence-electron chi connectivity index (χ2n) is 8.48. The average molecular weight is 378 g/mol. The second kappa shape index (κ2) is 8.36. The molecule has 0 bridgehead atoms. The average Bonchev–Trinajstić information content (AvgIpc) is 2.65. The van der Waals surface area contributed by atoms with Crippen molar-refractivity contribution in [2.75, 3.05) is 31.5 Å². The molecule has 0 aromatic heterocycles. The van der Waals surface area contributed by atoms with Gasteiger partial charge in [0, 0.05) is 24.8 Å². The Balaban J connectivity index is 1.21. The molecule has 2 aliphatic heterocycles. The van der Waals surface area contributed by atoms with Crippen LogP contribution in [0.1, 0.15) is 29.5 Å². The maximum atomic E-state index is 12.5. The lowest BCUT2D eigenvalue weighted by Crippen LogP contribution is -2.63. The summed E-state index contributed by atoms with van der Waals surface area (Å²) in [6.45, 7) is 8.13. The minimum Gasteiger partial charge on any atom is -0.321 e. The largest absolute Gasteiger partial charge is 0.321 e. The zero-order valence-electron chi connectivity index (χ0n) is 17.0. The van der Waals surface area contributed by atoms with Gasteiger partial charge in [0.2, 0.25) is 0 Å². The highest BCUT2D eigenvalue weighted by molar-refractivity contribution is 5.90. The van der Waals surface area contributed by atoms with Crippen molar-refractivity contribution in [1.29, 1.82) is 0 Å². The summed E-state index contributed by atoms with van der Waals surface area (Å²) < 4.78 is 0. The van der Waals surface area contributed by atoms with E-state index in [-0.39, 0.29) is 6.03 Å². The quantitative estimate of drug-likeness (QED) is 0.853. The van der Waals surface area contributed by atoms with Crippen LogP contribution in [0.5, 0.6) is 0 Å². The summed E-state index contributed by atoms with van der Waals surface area (Å²) in [4.78, 5) is 17.0. The Morgan fingerprint density at radius 2 is 1.75 bits per heavy atom. The molecule has 2 aliphatic rings. The van der Waals surface area contributed by atoms with E-state index in [1.807, 2.05) is 24.0 Å². The van der Waals surface area contributed by atoms with Gasteiger partial charge in [-0.1, -0.05) is 48.0 Å². The molecule has 4 nitrogen and oxygen atoms in total. The van der Waals surface area contributed by atoms with Crippen molar-refractivity contribution < 1.29 is 4.79 Å². The van der Waals surface area contributed by atoms with Gasteiger partial charge in [-0.3, -0.25) is 4.90 Å². The first kappa shape index (κ1) is 19.0. The van der Waals surface area contributed by atoms with Crippen molar-refractivity contribution in [2.24, 2.45) is 5.92 Å². The zero-order chi connectivity index (χ0) is 19.5. The minimum absolute atomic E-state index is 0.0298. The SMILES string of the molecule is Cc1ccc(NC(=O)N2CC(N3CCC(Cc4ccccc4)CC3)C2)c(C)c1. The van der Waals surface area contributed by atoms with Gasteiger partial charge in [0.05, 0.1) is 0 Å². The number of hydrogen-bond acceptors (Lipinski definition) is 2. The van der Waals surface area contributed by atoms with Crippen LogP contribution in [0.3, 0.4) is 0 Å². The number of aryl methyl sites for hydroxylation is 2. The van der Waals surface area contributed by atoms with E-state index in [9.17, 15) is 4.79 Å². The number of likely N-dealkylation sites (tertiary alicyclic amines) is 2. The van der Waals surface area contributed by atoms with E-state index in [0.29, 0.717) is 6.04 Å². The smallest absolute Gasteiger partial charge is 0.321 e. The normalized spacial score (nSPS) is 18.7. The Bertz CT molecular complexity index is 806. The highest BCUT2D eigenvalue weighted by atomic mass is 16.2. The monoisotopic (exact) mass is 377 g/mol. The Morgan fingerprint density at radius 1 is 1.04 bits per heavy atom. The van der Waals surface area contributed by atoms with Crippen molar-refractivity contribution in [3.05, 3.63) is 65.2 Å². The van der Waals surface area contributed by atoms with Crippen LogP contribution >= 0.6 is 0 Å². The van der Waals surface area contributed by atoms with Gasteiger partial charge in [0.1, 0.15) is 0 Å². The van der Waals surface area contributed by atoms with Gasteiger partial charge in [0.25, 0.3) is 0 Å². The van der Waals surface area contributed by atoms with Crippen molar-refractivity contribution in [3.63, 3.8) is 0 Å². The van der Waals surface area contributed by atoms with Gasteiger partial charge in [-0.05, 0) is 69.3 Å². The summed E-state index contributed by atoms with van der Waals surface area (Å²) in [5, 5.41) is 3.07. The van der Waals surface area contributed by atoms with Crippen LogP contribution in [-0.2, 0) is 6.42 Å². The van der Waals surface area contributed by atoms with Crippen LogP contribution in [0.4, 0.5) is 10.5 Å². The predicted molar refractivity (Wildman–Crippen MR) is 115 cm³/mol. The predicted octanol–water partition coefficient (Wildman–Crippen LogP) is 4.47.